The zero-order valence-electron chi connectivity index (χ0n) is 7.77. The zero-order chi connectivity index (χ0) is 9.68. The van der Waals surface area contributed by atoms with Crippen LogP contribution in [0.5, 0.6) is 0 Å². The fraction of sp³-hybridized carbons (Fsp3) is 0.700. The quantitative estimate of drug-likeness (QED) is 0.702. The van der Waals surface area contributed by atoms with Crippen molar-refractivity contribution in [1.82, 2.24) is 5.32 Å². The van der Waals surface area contributed by atoms with Crippen molar-refractivity contribution in [3.05, 3.63) is 0 Å². The van der Waals surface area contributed by atoms with E-state index < -0.39 is 0 Å². The lowest BCUT2D eigenvalue weighted by Crippen LogP contribution is -2.36. The van der Waals surface area contributed by atoms with Crippen molar-refractivity contribution in [2.24, 2.45) is 5.92 Å². The van der Waals surface area contributed by atoms with Crippen LogP contribution in [0.2, 0.25) is 0 Å². The molecule has 0 atom stereocenters. The van der Waals surface area contributed by atoms with Gasteiger partial charge >= 0.3 is 0 Å². The Kier molecular flexibility index (Phi) is 4.31. The summed E-state index contributed by atoms with van der Waals surface area (Å²) in [5.74, 6) is 3.07. The van der Waals surface area contributed by atoms with Gasteiger partial charge in [0.15, 0.2) is 0 Å². The Bertz CT molecular complexity index is 233. The van der Waals surface area contributed by atoms with Crippen molar-refractivity contribution in [3.8, 4) is 10.8 Å². The molecule has 1 rings (SSSR count). The van der Waals surface area contributed by atoms with Crippen molar-refractivity contribution in [2.45, 2.75) is 38.6 Å². The van der Waals surface area contributed by atoms with E-state index in [0.717, 1.165) is 18.8 Å². The minimum absolute atomic E-state index is 0.170. The van der Waals surface area contributed by atoms with Crippen molar-refractivity contribution in [1.29, 1.82) is 0 Å². The molecule has 72 valence electrons. The number of amides is 1. The van der Waals surface area contributed by atoms with Crippen LogP contribution in [0, 0.1) is 16.7 Å². The predicted octanol–water partition coefficient (Wildman–Crippen LogP) is 2.04. The Labute approximate surface area is 87.6 Å². The van der Waals surface area contributed by atoms with Gasteiger partial charge in [0, 0.05) is 27.9 Å². The van der Waals surface area contributed by atoms with Crippen molar-refractivity contribution in [2.75, 3.05) is 0 Å². The number of carbonyl (C=O) groups is 1. The van der Waals surface area contributed by atoms with Gasteiger partial charge in [-0.1, -0.05) is 6.92 Å². The molecule has 0 aromatic carbocycles. The molecule has 0 aromatic heterocycles. The maximum atomic E-state index is 11.1. The van der Waals surface area contributed by atoms with Gasteiger partial charge < -0.3 is 5.32 Å². The lowest BCUT2D eigenvalue weighted by Gasteiger charge is -2.25. The van der Waals surface area contributed by atoms with E-state index in [1.165, 1.54) is 12.8 Å². The topological polar surface area (TPSA) is 29.1 Å². The van der Waals surface area contributed by atoms with Gasteiger partial charge in [-0.3, -0.25) is 4.79 Å². The molecule has 1 amide bonds. The van der Waals surface area contributed by atoms with Crippen LogP contribution in [0.3, 0.4) is 0 Å². The van der Waals surface area contributed by atoms with Gasteiger partial charge in [-0.25, -0.2) is 0 Å². The van der Waals surface area contributed by atoms with Crippen LogP contribution in [-0.2, 0) is 4.79 Å². The molecule has 13 heavy (non-hydrogen) atoms. The molecule has 1 N–H and O–H groups in total. The maximum Gasteiger partial charge on any atom is 0.296 e. The summed E-state index contributed by atoms with van der Waals surface area (Å²) < 4.78 is 0. The molecule has 1 saturated carbocycles. The molecule has 0 saturated heterocycles. The van der Waals surface area contributed by atoms with E-state index in [1.807, 2.05) is 0 Å². The van der Waals surface area contributed by atoms with Crippen LogP contribution < -0.4 is 5.32 Å². The minimum atomic E-state index is -0.170. The summed E-state index contributed by atoms with van der Waals surface area (Å²) in [4.78, 5) is 13.5. The highest BCUT2D eigenvalue weighted by molar-refractivity contribution is 9.12. The molecule has 1 aliphatic rings. The first-order chi connectivity index (χ1) is 6.22. The van der Waals surface area contributed by atoms with Gasteiger partial charge in [-0.2, -0.15) is 0 Å². The minimum Gasteiger partial charge on any atom is -0.343 e. The molecule has 0 heterocycles. The number of halogens is 1. The van der Waals surface area contributed by atoms with Gasteiger partial charge in [0.05, 0.1) is 0 Å². The molecule has 0 spiro atoms. The zero-order valence-corrected chi connectivity index (χ0v) is 9.36. The molecule has 0 bridgehead atoms. The molecule has 0 aliphatic heterocycles. The highest BCUT2D eigenvalue weighted by atomic mass is 79.9. The number of carbonyl (C=O) groups excluding carboxylic acids is 1. The first kappa shape index (κ1) is 10.6. The van der Waals surface area contributed by atoms with Crippen molar-refractivity contribution >= 4 is 21.8 Å². The van der Waals surface area contributed by atoms with Crippen LogP contribution in [-0.4, -0.2) is 11.9 Å². The third kappa shape index (κ3) is 3.82. The SMILES string of the molecule is CC1CCC(NC(=O)C#CBr)CC1. The molecule has 0 aromatic rings. The Hall–Kier alpha value is -0.490. The van der Waals surface area contributed by atoms with Gasteiger partial charge in [-0.05, 0) is 36.4 Å². The van der Waals surface area contributed by atoms with Crippen molar-refractivity contribution < 1.29 is 4.79 Å². The Morgan fingerprint density at radius 2 is 2.00 bits per heavy atom. The lowest BCUT2D eigenvalue weighted by molar-refractivity contribution is -0.116. The Balaban J connectivity index is 2.29. The van der Waals surface area contributed by atoms with E-state index in [4.69, 9.17) is 0 Å². The molecular weight excluding hydrogens is 230 g/mol. The van der Waals surface area contributed by atoms with Gasteiger partial charge in [0.25, 0.3) is 5.91 Å². The summed E-state index contributed by atoms with van der Waals surface area (Å²) in [6.07, 6.45) is 4.62. The van der Waals surface area contributed by atoms with Crippen LogP contribution in [0.1, 0.15) is 32.6 Å². The summed E-state index contributed by atoms with van der Waals surface area (Å²) in [6, 6.07) is 0.344. The highest BCUT2D eigenvalue weighted by Gasteiger charge is 2.18. The van der Waals surface area contributed by atoms with Crippen molar-refractivity contribution in [3.63, 3.8) is 0 Å². The third-order valence-corrected chi connectivity index (χ3v) is 2.71. The predicted molar refractivity (Wildman–Crippen MR) is 56.3 cm³/mol. The van der Waals surface area contributed by atoms with E-state index in [1.54, 1.807) is 0 Å². The monoisotopic (exact) mass is 243 g/mol. The third-order valence-electron chi connectivity index (χ3n) is 2.51. The van der Waals surface area contributed by atoms with Gasteiger partial charge in [0.1, 0.15) is 0 Å². The second-order valence-corrected chi connectivity index (χ2v) is 4.05. The number of nitrogens with one attached hydrogen (secondary N) is 1. The molecular formula is C10H14BrNO. The second-order valence-electron chi connectivity index (χ2n) is 3.65. The number of hydrogen-bond donors (Lipinski definition) is 1. The lowest BCUT2D eigenvalue weighted by atomic mass is 9.87. The number of rotatable bonds is 1. The average molecular weight is 244 g/mol. The smallest absolute Gasteiger partial charge is 0.296 e. The molecule has 0 radical (unpaired) electrons. The molecule has 3 heteroatoms. The summed E-state index contributed by atoms with van der Waals surface area (Å²) in [5, 5.41) is 2.90. The molecule has 0 unspecified atom stereocenters. The summed E-state index contributed by atoms with van der Waals surface area (Å²) in [5.41, 5.74) is 0. The molecule has 2 nitrogen and oxygen atoms in total. The van der Waals surface area contributed by atoms with E-state index in [2.05, 4.69) is 38.9 Å². The van der Waals surface area contributed by atoms with E-state index in [-0.39, 0.29) is 5.91 Å². The molecule has 1 fully saturated rings. The van der Waals surface area contributed by atoms with Crippen LogP contribution in [0.25, 0.3) is 0 Å². The molecule has 1 aliphatic carbocycles. The first-order valence-corrected chi connectivity index (χ1v) is 5.44. The van der Waals surface area contributed by atoms with Crippen LogP contribution in [0.15, 0.2) is 0 Å². The Morgan fingerprint density at radius 1 is 1.38 bits per heavy atom. The highest BCUT2D eigenvalue weighted by Crippen LogP contribution is 2.23. The summed E-state index contributed by atoms with van der Waals surface area (Å²) in [7, 11) is 0. The normalized spacial score (nSPS) is 27.2. The fourth-order valence-corrected chi connectivity index (χ4v) is 1.85. The largest absolute Gasteiger partial charge is 0.343 e. The van der Waals surface area contributed by atoms with E-state index >= 15 is 0 Å². The standard InChI is InChI=1S/C10H14BrNO/c1-8-2-4-9(5-3-8)12-10(13)6-7-11/h8-9H,2-5H2,1H3,(H,12,13). The van der Waals surface area contributed by atoms with E-state index in [0.29, 0.717) is 6.04 Å². The van der Waals surface area contributed by atoms with Gasteiger partial charge in [0.2, 0.25) is 0 Å². The van der Waals surface area contributed by atoms with Crippen LogP contribution in [0.4, 0.5) is 0 Å². The Morgan fingerprint density at radius 3 is 2.54 bits per heavy atom. The van der Waals surface area contributed by atoms with E-state index in [9.17, 15) is 4.79 Å². The maximum absolute atomic E-state index is 11.1. The van der Waals surface area contributed by atoms with Crippen LogP contribution >= 0.6 is 15.9 Å². The first-order valence-electron chi connectivity index (χ1n) is 4.64. The summed E-state index contributed by atoms with van der Waals surface area (Å²) in [6.45, 7) is 2.26. The summed E-state index contributed by atoms with van der Waals surface area (Å²) >= 11 is 2.90. The number of hydrogen-bond acceptors (Lipinski definition) is 1. The van der Waals surface area contributed by atoms with Gasteiger partial charge in [-0.15, -0.1) is 0 Å². The average Bonchev–Trinajstić information content (AvgIpc) is 2.09. The fourth-order valence-electron chi connectivity index (χ4n) is 1.67. The second kappa shape index (κ2) is 5.29.